The molecule has 17 heavy (non-hydrogen) atoms. The predicted octanol–water partition coefficient (Wildman–Crippen LogP) is 0.605. The summed E-state index contributed by atoms with van der Waals surface area (Å²) in [6.45, 7) is 5.71. The number of rotatable bonds is 6. The molecule has 0 bridgehead atoms. The van der Waals surface area contributed by atoms with Crippen molar-refractivity contribution < 1.29 is 4.74 Å². The summed E-state index contributed by atoms with van der Waals surface area (Å²) >= 11 is 0. The second-order valence-electron chi connectivity index (χ2n) is 4.41. The lowest BCUT2D eigenvalue weighted by molar-refractivity contribution is -0.0128. The molecule has 6 nitrogen and oxygen atoms in total. The molecule has 6 heteroatoms. The van der Waals surface area contributed by atoms with Crippen LogP contribution in [0.4, 0.5) is 5.82 Å². The molecule has 96 valence electrons. The molecule has 3 N–H and O–H groups in total. The molecule has 3 unspecified atom stereocenters. The Morgan fingerprint density at radius 3 is 3.06 bits per heavy atom. The van der Waals surface area contributed by atoms with Crippen molar-refractivity contribution in [1.29, 1.82) is 0 Å². The number of hydrogen-bond acceptors (Lipinski definition) is 5. The number of nitrogens with zero attached hydrogens (tertiary/aromatic N) is 3. The van der Waals surface area contributed by atoms with Gasteiger partial charge in [-0.05, 0) is 19.8 Å². The van der Waals surface area contributed by atoms with E-state index in [1.165, 1.54) is 0 Å². The van der Waals surface area contributed by atoms with Gasteiger partial charge in [0.05, 0.1) is 18.3 Å². The fourth-order valence-electron chi connectivity index (χ4n) is 2.14. The molecule has 0 spiro atoms. The van der Waals surface area contributed by atoms with E-state index < -0.39 is 0 Å². The van der Waals surface area contributed by atoms with E-state index >= 15 is 0 Å². The predicted molar refractivity (Wildman–Crippen MR) is 65.7 cm³/mol. The summed E-state index contributed by atoms with van der Waals surface area (Å²) in [6.07, 6.45) is 3.90. The zero-order valence-electron chi connectivity index (χ0n) is 10.5. The largest absolute Gasteiger partial charge is 0.376 e. The number of hydrogen-bond donors (Lipinski definition) is 2. The standard InChI is InChI=1S/C11H21N5O/c1-3-5-16-10(7-13-15-16)14-11-8(12)6-9(11)17-4-2/h7-9,11,14H,3-6,12H2,1-2H3. The van der Waals surface area contributed by atoms with Gasteiger partial charge in [-0.2, -0.15) is 0 Å². The normalized spacial score (nSPS) is 27.8. The molecule has 1 aromatic rings. The lowest BCUT2D eigenvalue weighted by Crippen LogP contribution is -2.60. The van der Waals surface area contributed by atoms with Crippen molar-refractivity contribution in [3.63, 3.8) is 0 Å². The van der Waals surface area contributed by atoms with Crippen molar-refractivity contribution in [1.82, 2.24) is 15.0 Å². The summed E-state index contributed by atoms with van der Waals surface area (Å²) in [5.74, 6) is 0.928. The number of nitrogens with two attached hydrogens (primary N) is 1. The molecule has 0 aromatic carbocycles. The average Bonchev–Trinajstić information content (AvgIpc) is 2.74. The van der Waals surface area contributed by atoms with Crippen LogP contribution in [0.2, 0.25) is 0 Å². The highest BCUT2D eigenvalue weighted by Crippen LogP contribution is 2.25. The zero-order valence-corrected chi connectivity index (χ0v) is 10.5. The molecule has 0 aliphatic heterocycles. The third kappa shape index (κ3) is 2.58. The number of nitrogens with one attached hydrogen (secondary N) is 1. The minimum Gasteiger partial charge on any atom is -0.376 e. The maximum Gasteiger partial charge on any atom is 0.145 e. The lowest BCUT2D eigenvalue weighted by atomic mass is 9.83. The van der Waals surface area contributed by atoms with Gasteiger partial charge in [0.2, 0.25) is 0 Å². The molecule has 1 aliphatic rings. The average molecular weight is 239 g/mol. The Morgan fingerprint density at radius 2 is 2.41 bits per heavy atom. The first-order valence-electron chi connectivity index (χ1n) is 6.28. The van der Waals surface area contributed by atoms with E-state index in [4.69, 9.17) is 10.5 Å². The Balaban J connectivity index is 1.97. The Morgan fingerprint density at radius 1 is 1.59 bits per heavy atom. The first-order chi connectivity index (χ1) is 8.26. The van der Waals surface area contributed by atoms with E-state index in [1.807, 2.05) is 11.6 Å². The number of aryl methyl sites for hydroxylation is 1. The number of anilines is 1. The van der Waals surface area contributed by atoms with Crippen LogP contribution in [0.3, 0.4) is 0 Å². The van der Waals surface area contributed by atoms with Crippen molar-refractivity contribution in [2.75, 3.05) is 11.9 Å². The highest BCUT2D eigenvalue weighted by atomic mass is 16.5. The van der Waals surface area contributed by atoms with Crippen LogP contribution >= 0.6 is 0 Å². The quantitative estimate of drug-likeness (QED) is 0.760. The van der Waals surface area contributed by atoms with Crippen LogP contribution in [0.15, 0.2) is 6.20 Å². The Kier molecular flexibility index (Phi) is 3.96. The molecule has 2 rings (SSSR count). The minimum absolute atomic E-state index is 0.150. The van der Waals surface area contributed by atoms with Gasteiger partial charge in [-0.1, -0.05) is 12.1 Å². The monoisotopic (exact) mass is 239 g/mol. The van der Waals surface area contributed by atoms with Crippen LogP contribution in [-0.4, -0.2) is 39.8 Å². The van der Waals surface area contributed by atoms with Gasteiger partial charge in [-0.3, -0.25) is 0 Å². The van der Waals surface area contributed by atoms with Crippen molar-refractivity contribution in [2.45, 2.75) is 51.4 Å². The molecule has 1 aliphatic carbocycles. The maximum atomic E-state index is 5.99. The molecule has 1 fully saturated rings. The SMILES string of the molecule is CCCn1nncc1NC1C(N)CC1OCC. The van der Waals surface area contributed by atoms with Gasteiger partial charge < -0.3 is 15.8 Å². The fraction of sp³-hybridized carbons (Fsp3) is 0.818. The van der Waals surface area contributed by atoms with E-state index in [2.05, 4.69) is 22.6 Å². The van der Waals surface area contributed by atoms with E-state index in [0.29, 0.717) is 0 Å². The van der Waals surface area contributed by atoms with Gasteiger partial charge in [0.1, 0.15) is 5.82 Å². The fourth-order valence-corrected chi connectivity index (χ4v) is 2.14. The summed E-state index contributed by atoms with van der Waals surface area (Å²) in [7, 11) is 0. The van der Waals surface area contributed by atoms with Crippen LogP contribution in [0.5, 0.6) is 0 Å². The van der Waals surface area contributed by atoms with Crippen LogP contribution in [0.1, 0.15) is 26.7 Å². The Labute approximate surface area is 102 Å². The van der Waals surface area contributed by atoms with Crippen LogP contribution < -0.4 is 11.1 Å². The van der Waals surface area contributed by atoms with Gasteiger partial charge in [0.15, 0.2) is 0 Å². The van der Waals surface area contributed by atoms with Crippen molar-refractivity contribution in [3.05, 3.63) is 6.20 Å². The molecule has 1 saturated carbocycles. The third-order valence-corrected chi connectivity index (χ3v) is 3.11. The lowest BCUT2D eigenvalue weighted by Gasteiger charge is -2.42. The third-order valence-electron chi connectivity index (χ3n) is 3.11. The van der Waals surface area contributed by atoms with Gasteiger partial charge in [0.25, 0.3) is 0 Å². The van der Waals surface area contributed by atoms with Gasteiger partial charge in [-0.15, -0.1) is 5.10 Å². The summed E-state index contributed by atoms with van der Waals surface area (Å²) in [4.78, 5) is 0. The van der Waals surface area contributed by atoms with E-state index in [9.17, 15) is 0 Å². The number of ether oxygens (including phenoxy) is 1. The first kappa shape index (κ1) is 12.3. The highest BCUT2D eigenvalue weighted by molar-refractivity contribution is 5.35. The Hall–Kier alpha value is -1.14. The Bertz CT molecular complexity index is 351. The van der Waals surface area contributed by atoms with Crippen LogP contribution in [0.25, 0.3) is 0 Å². The van der Waals surface area contributed by atoms with Gasteiger partial charge >= 0.3 is 0 Å². The van der Waals surface area contributed by atoms with Crippen LogP contribution in [0, 0.1) is 0 Å². The summed E-state index contributed by atoms with van der Waals surface area (Å²) in [6, 6.07) is 0.320. The smallest absolute Gasteiger partial charge is 0.145 e. The van der Waals surface area contributed by atoms with Gasteiger partial charge in [-0.25, -0.2) is 4.68 Å². The summed E-state index contributed by atoms with van der Waals surface area (Å²) in [5.41, 5.74) is 5.99. The molecule has 1 heterocycles. The van der Waals surface area contributed by atoms with Crippen molar-refractivity contribution in [3.8, 4) is 0 Å². The first-order valence-corrected chi connectivity index (χ1v) is 6.28. The van der Waals surface area contributed by atoms with E-state index in [1.54, 1.807) is 6.20 Å². The summed E-state index contributed by atoms with van der Waals surface area (Å²) < 4.78 is 7.49. The van der Waals surface area contributed by atoms with Gasteiger partial charge in [0, 0.05) is 19.2 Å². The van der Waals surface area contributed by atoms with E-state index in [-0.39, 0.29) is 18.2 Å². The van der Waals surface area contributed by atoms with Crippen LogP contribution in [-0.2, 0) is 11.3 Å². The number of aromatic nitrogens is 3. The maximum absolute atomic E-state index is 5.99. The topological polar surface area (TPSA) is 78.0 Å². The molecule has 0 amide bonds. The molecule has 0 radical (unpaired) electrons. The second-order valence-corrected chi connectivity index (χ2v) is 4.41. The zero-order chi connectivity index (χ0) is 12.3. The molecular formula is C11H21N5O. The molecule has 1 aromatic heterocycles. The highest BCUT2D eigenvalue weighted by Gasteiger charge is 2.39. The van der Waals surface area contributed by atoms with Crippen molar-refractivity contribution >= 4 is 5.82 Å². The minimum atomic E-state index is 0.150. The van der Waals surface area contributed by atoms with E-state index in [0.717, 1.165) is 31.8 Å². The van der Waals surface area contributed by atoms with Crippen molar-refractivity contribution in [2.24, 2.45) is 5.73 Å². The molecular weight excluding hydrogens is 218 g/mol. The molecule has 0 saturated heterocycles. The summed E-state index contributed by atoms with van der Waals surface area (Å²) in [5, 5.41) is 11.3. The molecule has 3 atom stereocenters. The second kappa shape index (κ2) is 5.46.